The Kier molecular flexibility index (Phi) is 6.67. The average Bonchev–Trinajstić information content (AvgIpc) is 2.49. The lowest BCUT2D eigenvalue weighted by atomic mass is 10.1. The summed E-state index contributed by atoms with van der Waals surface area (Å²) < 4.78 is 0. The highest BCUT2D eigenvalue weighted by molar-refractivity contribution is 5.69. The van der Waals surface area contributed by atoms with Crippen molar-refractivity contribution in [3.63, 3.8) is 0 Å². The first-order valence-electron chi connectivity index (χ1n) is 7.11. The van der Waals surface area contributed by atoms with Crippen molar-refractivity contribution in [1.29, 1.82) is 0 Å². The molecule has 0 heterocycles. The highest BCUT2D eigenvalue weighted by Gasteiger charge is 1.90. The van der Waals surface area contributed by atoms with Gasteiger partial charge in [0.1, 0.15) is 0 Å². The standard InChI is InChI=1S/C17H18.C2H6/c1-3-15-8-10-17(11-9-15)13-12-16-6-4-14(2)5-7-16;1-2/h4-13H,3H2,1-2H3;1-2H3/b13-12+;. The molecule has 0 heteroatoms. The van der Waals surface area contributed by atoms with Crippen molar-refractivity contribution in [2.45, 2.75) is 34.1 Å². The number of rotatable bonds is 3. The lowest BCUT2D eigenvalue weighted by Gasteiger charge is -1.98. The van der Waals surface area contributed by atoms with Crippen LogP contribution in [0.15, 0.2) is 48.5 Å². The monoisotopic (exact) mass is 252 g/mol. The zero-order valence-electron chi connectivity index (χ0n) is 12.5. The van der Waals surface area contributed by atoms with Gasteiger partial charge >= 0.3 is 0 Å². The fourth-order valence-corrected chi connectivity index (χ4v) is 1.73. The minimum Gasteiger partial charge on any atom is -0.0683 e. The van der Waals surface area contributed by atoms with E-state index in [9.17, 15) is 0 Å². The second-order valence-electron chi connectivity index (χ2n) is 4.34. The van der Waals surface area contributed by atoms with Gasteiger partial charge in [-0.05, 0) is 30.0 Å². The molecule has 2 aromatic carbocycles. The highest BCUT2D eigenvalue weighted by atomic mass is 14.0. The molecule has 0 aliphatic heterocycles. The Balaban J connectivity index is 0.000000861. The fourth-order valence-electron chi connectivity index (χ4n) is 1.73. The second kappa shape index (κ2) is 8.31. The number of hydrogen-bond acceptors (Lipinski definition) is 0. The number of benzene rings is 2. The molecule has 100 valence electrons. The molecule has 0 amide bonds. The minimum absolute atomic E-state index is 1.10. The van der Waals surface area contributed by atoms with Gasteiger partial charge in [0.05, 0.1) is 0 Å². The van der Waals surface area contributed by atoms with Crippen LogP contribution in [0.2, 0.25) is 0 Å². The molecule has 0 aromatic heterocycles. The van der Waals surface area contributed by atoms with Gasteiger partial charge in [-0.3, -0.25) is 0 Å². The molecule has 0 radical (unpaired) electrons. The summed E-state index contributed by atoms with van der Waals surface area (Å²) in [6, 6.07) is 17.3. The van der Waals surface area contributed by atoms with Gasteiger partial charge in [-0.15, -0.1) is 0 Å². The molecule has 0 aliphatic carbocycles. The van der Waals surface area contributed by atoms with Crippen molar-refractivity contribution in [3.8, 4) is 0 Å². The van der Waals surface area contributed by atoms with E-state index in [1.54, 1.807) is 0 Å². The number of hydrogen-bond donors (Lipinski definition) is 0. The summed E-state index contributed by atoms with van der Waals surface area (Å²) in [6.45, 7) is 8.29. The van der Waals surface area contributed by atoms with E-state index in [0.717, 1.165) is 6.42 Å². The van der Waals surface area contributed by atoms with Gasteiger partial charge < -0.3 is 0 Å². The molecule has 0 N–H and O–H groups in total. The quantitative estimate of drug-likeness (QED) is 0.610. The largest absolute Gasteiger partial charge is 0.0683 e. The fraction of sp³-hybridized carbons (Fsp3) is 0.263. The van der Waals surface area contributed by atoms with E-state index in [2.05, 4.69) is 74.5 Å². The van der Waals surface area contributed by atoms with E-state index in [1.165, 1.54) is 22.3 Å². The second-order valence-corrected chi connectivity index (χ2v) is 4.34. The Morgan fingerprint density at radius 1 is 0.737 bits per heavy atom. The Morgan fingerprint density at radius 3 is 1.58 bits per heavy atom. The summed E-state index contributed by atoms with van der Waals surface area (Å²) in [5.41, 5.74) is 5.19. The maximum atomic E-state index is 2.19. The predicted molar refractivity (Wildman–Crippen MR) is 87.3 cm³/mol. The van der Waals surface area contributed by atoms with Crippen LogP contribution in [-0.2, 0) is 6.42 Å². The van der Waals surface area contributed by atoms with Crippen LogP contribution in [0.1, 0.15) is 43.0 Å². The van der Waals surface area contributed by atoms with Crippen LogP contribution in [0.5, 0.6) is 0 Å². The molecule has 0 bridgehead atoms. The molecular weight excluding hydrogens is 228 g/mol. The van der Waals surface area contributed by atoms with Crippen molar-refractivity contribution >= 4 is 12.2 Å². The van der Waals surface area contributed by atoms with Crippen LogP contribution in [-0.4, -0.2) is 0 Å². The van der Waals surface area contributed by atoms with Crippen molar-refractivity contribution < 1.29 is 0 Å². The van der Waals surface area contributed by atoms with E-state index >= 15 is 0 Å². The molecule has 0 spiro atoms. The van der Waals surface area contributed by atoms with Crippen LogP contribution in [0.4, 0.5) is 0 Å². The molecule has 0 saturated carbocycles. The van der Waals surface area contributed by atoms with E-state index in [4.69, 9.17) is 0 Å². The summed E-state index contributed by atoms with van der Waals surface area (Å²) in [5.74, 6) is 0. The third kappa shape index (κ3) is 5.13. The average molecular weight is 252 g/mol. The Bertz CT molecular complexity index is 487. The summed E-state index contributed by atoms with van der Waals surface area (Å²) in [6.07, 6.45) is 5.41. The van der Waals surface area contributed by atoms with Crippen LogP contribution < -0.4 is 0 Å². The number of aryl methyl sites for hydroxylation is 2. The summed E-state index contributed by atoms with van der Waals surface area (Å²) in [5, 5.41) is 0. The maximum Gasteiger partial charge on any atom is -0.0256 e. The summed E-state index contributed by atoms with van der Waals surface area (Å²) in [7, 11) is 0. The zero-order chi connectivity index (χ0) is 14.1. The smallest absolute Gasteiger partial charge is 0.0256 e. The third-order valence-electron chi connectivity index (χ3n) is 2.93. The first kappa shape index (κ1) is 15.2. The zero-order valence-corrected chi connectivity index (χ0v) is 12.5. The predicted octanol–water partition coefficient (Wildman–Crippen LogP) is 5.75. The van der Waals surface area contributed by atoms with Gasteiger partial charge in [0.15, 0.2) is 0 Å². The molecule has 0 atom stereocenters. The van der Waals surface area contributed by atoms with Gasteiger partial charge in [-0.25, -0.2) is 0 Å². The van der Waals surface area contributed by atoms with Gasteiger partial charge in [0.2, 0.25) is 0 Å². The van der Waals surface area contributed by atoms with Gasteiger partial charge in [0.25, 0.3) is 0 Å². The molecular formula is C19H24. The Hall–Kier alpha value is -1.82. The van der Waals surface area contributed by atoms with E-state index in [1.807, 2.05) is 13.8 Å². The van der Waals surface area contributed by atoms with Crippen LogP contribution in [0.3, 0.4) is 0 Å². The molecule has 0 nitrogen and oxygen atoms in total. The van der Waals surface area contributed by atoms with Crippen LogP contribution in [0, 0.1) is 6.92 Å². The van der Waals surface area contributed by atoms with Crippen molar-refractivity contribution in [2.75, 3.05) is 0 Å². The first-order chi connectivity index (χ1) is 9.28. The maximum absolute atomic E-state index is 2.19. The topological polar surface area (TPSA) is 0 Å². The van der Waals surface area contributed by atoms with Crippen molar-refractivity contribution in [1.82, 2.24) is 0 Å². The summed E-state index contributed by atoms with van der Waals surface area (Å²) in [4.78, 5) is 0. The molecule has 0 unspecified atom stereocenters. The lowest BCUT2D eigenvalue weighted by Crippen LogP contribution is -1.79. The van der Waals surface area contributed by atoms with Crippen molar-refractivity contribution in [3.05, 3.63) is 70.8 Å². The Morgan fingerprint density at radius 2 is 1.16 bits per heavy atom. The molecule has 0 saturated heterocycles. The molecule has 0 fully saturated rings. The van der Waals surface area contributed by atoms with E-state index in [0.29, 0.717) is 0 Å². The molecule has 0 aliphatic rings. The summed E-state index contributed by atoms with van der Waals surface area (Å²) >= 11 is 0. The van der Waals surface area contributed by atoms with Crippen molar-refractivity contribution in [2.24, 2.45) is 0 Å². The Labute approximate surface area is 117 Å². The third-order valence-corrected chi connectivity index (χ3v) is 2.93. The highest BCUT2D eigenvalue weighted by Crippen LogP contribution is 2.10. The van der Waals surface area contributed by atoms with Gasteiger partial charge in [0, 0.05) is 0 Å². The van der Waals surface area contributed by atoms with E-state index in [-0.39, 0.29) is 0 Å². The molecule has 2 rings (SSSR count). The van der Waals surface area contributed by atoms with Gasteiger partial charge in [-0.1, -0.05) is 87.0 Å². The molecule has 2 aromatic rings. The minimum atomic E-state index is 1.10. The van der Waals surface area contributed by atoms with Crippen LogP contribution >= 0.6 is 0 Å². The normalized spacial score (nSPS) is 10.1. The van der Waals surface area contributed by atoms with Gasteiger partial charge in [-0.2, -0.15) is 0 Å². The first-order valence-corrected chi connectivity index (χ1v) is 7.11. The van der Waals surface area contributed by atoms with Crippen LogP contribution in [0.25, 0.3) is 12.2 Å². The van der Waals surface area contributed by atoms with E-state index < -0.39 is 0 Å². The molecule has 19 heavy (non-hydrogen) atoms. The SMILES string of the molecule is CC.CCc1ccc(/C=C/c2ccc(C)cc2)cc1. The lowest BCUT2D eigenvalue weighted by molar-refractivity contribution is 1.14.